The molecule has 3 aromatic carbocycles. The summed E-state index contributed by atoms with van der Waals surface area (Å²) in [4.78, 5) is 31.3. The first-order valence-corrected chi connectivity index (χ1v) is 11.6. The number of hydrogen-bond acceptors (Lipinski definition) is 3. The number of halogens is 1. The number of carbonyl (C=O) groups is 1. The summed E-state index contributed by atoms with van der Waals surface area (Å²) in [5.74, 6) is -0.696. The summed E-state index contributed by atoms with van der Waals surface area (Å²) in [5, 5.41) is 3.52. The summed E-state index contributed by atoms with van der Waals surface area (Å²) in [6.45, 7) is 4.22. The average Bonchev–Trinajstić information content (AvgIpc) is 3.15. The topological polar surface area (TPSA) is 68.9 Å². The van der Waals surface area contributed by atoms with Crippen LogP contribution >= 0.6 is 0 Å². The van der Waals surface area contributed by atoms with Gasteiger partial charge < -0.3 is 9.88 Å². The molecule has 5 rings (SSSR count). The van der Waals surface area contributed by atoms with Crippen LogP contribution in [0.3, 0.4) is 0 Å². The van der Waals surface area contributed by atoms with Crippen LogP contribution in [0.25, 0.3) is 21.9 Å². The van der Waals surface area contributed by atoms with E-state index in [-0.39, 0.29) is 23.5 Å². The Morgan fingerprint density at radius 2 is 1.86 bits per heavy atom. The lowest BCUT2D eigenvalue weighted by molar-refractivity contribution is -0.116. The molecule has 0 fully saturated rings. The zero-order valence-electron chi connectivity index (χ0n) is 19.6. The first-order chi connectivity index (χ1) is 17.0. The summed E-state index contributed by atoms with van der Waals surface area (Å²) in [6.07, 6.45) is 2.26. The molecule has 0 unspecified atom stereocenters. The Hall–Kier alpha value is -4.26. The van der Waals surface area contributed by atoms with Crippen molar-refractivity contribution < 1.29 is 9.18 Å². The van der Waals surface area contributed by atoms with Crippen molar-refractivity contribution in [1.82, 2.24) is 14.1 Å². The average molecular weight is 469 g/mol. The molecule has 6 nitrogen and oxygen atoms in total. The highest BCUT2D eigenvalue weighted by Crippen LogP contribution is 2.27. The van der Waals surface area contributed by atoms with E-state index in [0.29, 0.717) is 23.0 Å². The van der Waals surface area contributed by atoms with Crippen molar-refractivity contribution in [2.75, 3.05) is 5.32 Å². The fraction of sp³-hybridized carbons (Fsp3) is 0.179. The van der Waals surface area contributed by atoms with Gasteiger partial charge >= 0.3 is 0 Å². The van der Waals surface area contributed by atoms with Gasteiger partial charge in [0.2, 0.25) is 5.91 Å². The number of carbonyl (C=O) groups excluding carboxylic acids is 1. The summed E-state index contributed by atoms with van der Waals surface area (Å²) < 4.78 is 17.3. The van der Waals surface area contributed by atoms with E-state index >= 15 is 0 Å². The van der Waals surface area contributed by atoms with E-state index in [1.54, 1.807) is 10.6 Å². The third-order valence-electron chi connectivity index (χ3n) is 6.29. The van der Waals surface area contributed by atoms with Gasteiger partial charge in [-0.3, -0.25) is 14.2 Å². The quantitative estimate of drug-likeness (QED) is 0.379. The molecule has 0 aliphatic heterocycles. The number of aromatic nitrogens is 3. The van der Waals surface area contributed by atoms with Crippen molar-refractivity contribution >= 4 is 33.5 Å². The van der Waals surface area contributed by atoms with Gasteiger partial charge in [-0.2, -0.15) is 0 Å². The molecule has 0 saturated carbocycles. The first kappa shape index (κ1) is 22.5. The standard InChI is InChI=1S/C28H25FN4O2/c1-3-20-11-7-8-18(2)25(20)31-24(34)16-33-23-13-12-21(29)14-22(23)26-27(33)28(35)32(17-30-26)15-19-9-5-4-6-10-19/h4-14,17H,3,15-16H2,1-2H3,(H,31,34). The molecule has 1 N–H and O–H groups in total. The summed E-state index contributed by atoms with van der Waals surface area (Å²) in [5.41, 5.74) is 4.70. The zero-order chi connectivity index (χ0) is 24.5. The Kier molecular flexibility index (Phi) is 5.91. The van der Waals surface area contributed by atoms with Crippen LogP contribution < -0.4 is 10.9 Å². The summed E-state index contributed by atoms with van der Waals surface area (Å²) in [6, 6.07) is 19.8. The molecule has 0 radical (unpaired) electrons. The molecule has 0 aliphatic carbocycles. The molecular weight excluding hydrogens is 443 g/mol. The molecule has 0 atom stereocenters. The smallest absolute Gasteiger partial charge is 0.278 e. The number of hydrogen-bond donors (Lipinski definition) is 1. The Morgan fingerprint density at radius 1 is 1.06 bits per heavy atom. The fourth-order valence-electron chi connectivity index (χ4n) is 4.55. The third-order valence-corrected chi connectivity index (χ3v) is 6.29. The molecule has 2 heterocycles. The van der Waals surface area contributed by atoms with Crippen molar-refractivity contribution in [3.05, 3.63) is 106 Å². The maximum atomic E-state index is 14.1. The molecule has 5 aromatic rings. The minimum Gasteiger partial charge on any atom is -0.325 e. The van der Waals surface area contributed by atoms with E-state index in [9.17, 15) is 14.0 Å². The van der Waals surface area contributed by atoms with Gasteiger partial charge in [-0.1, -0.05) is 55.5 Å². The molecule has 176 valence electrons. The Bertz CT molecular complexity index is 1620. The molecule has 1 amide bonds. The lowest BCUT2D eigenvalue weighted by Gasteiger charge is -2.14. The first-order valence-electron chi connectivity index (χ1n) is 11.6. The van der Waals surface area contributed by atoms with Crippen LogP contribution in [0.4, 0.5) is 10.1 Å². The van der Waals surface area contributed by atoms with Gasteiger partial charge in [-0.25, -0.2) is 9.37 Å². The molecule has 0 aliphatic rings. The molecule has 0 saturated heterocycles. The van der Waals surface area contributed by atoms with Gasteiger partial charge in [0.05, 0.1) is 18.4 Å². The van der Waals surface area contributed by atoms with Gasteiger partial charge in [-0.05, 0) is 48.2 Å². The lowest BCUT2D eigenvalue weighted by atomic mass is 10.1. The minimum absolute atomic E-state index is 0.102. The highest BCUT2D eigenvalue weighted by atomic mass is 19.1. The number of nitrogens with zero attached hydrogens (tertiary/aromatic N) is 3. The molecular formula is C28H25FN4O2. The van der Waals surface area contributed by atoms with Gasteiger partial charge in [0, 0.05) is 11.1 Å². The Morgan fingerprint density at radius 3 is 2.63 bits per heavy atom. The van der Waals surface area contributed by atoms with Crippen LogP contribution in [0.2, 0.25) is 0 Å². The maximum absolute atomic E-state index is 14.1. The second-order valence-corrected chi connectivity index (χ2v) is 8.62. The van der Waals surface area contributed by atoms with E-state index in [2.05, 4.69) is 10.3 Å². The second-order valence-electron chi connectivity index (χ2n) is 8.62. The number of aryl methyl sites for hydroxylation is 2. The van der Waals surface area contributed by atoms with E-state index in [1.165, 1.54) is 23.0 Å². The van der Waals surface area contributed by atoms with Crippen molar-refractivity contribution in [2.24, 2.45) is 0 Å². The number of rotatable bonds is 6. The molecule has 0 bridgehead atoms. The van der Waals surface area contributed by atoms with Gasteiger partial charge in [0.1, 0.15) is 23.4 Å². The lowest BCUT2D eigenvalue weighted by Crippen LogP contribution is -2.26. The van der Waals surface area contributed by atoms with Crippen molar-refractivity contribution in [3.8, 4) is 0 Å². The Labute approximate surface area is 201 Å². The summed E-state index contributed by atoms with van der Waals surface area (Å²) >= 11 is 0. The number of fused-ring (bicyclic) bond motifs is 3. The van der Waals surface area contributed by atoms with Crippen LogP contribution in [0.1, 0.15) is 23.6 Å². The number of nitrogens with one attached hydrogen (secondary N) is 1. The fourth-order valence-corrected chi connectivity index (χ4v) is 4.55. The number of para-hydroxylation sites is 1. The highest BCUT2D eigenvalue weighted by molar-refractivity contribution is 6.06. The highest BCUT2D eigenvalue weighted by Gasteiger charge is 2.20. The van der Waals surface area contributed by atoms with Crippen molar-refractivity contribution in [3.63, 3.8) is 0 Å². The van der Waals surface area contributed by atoms with Gasteiger partial charge in [0.15, 0.2) is 0 Å². The van der Waals surface area contributed by atoms with E-state index in [0.717, 1.165) is 28.8 Å². The number of anilines is 1. The molecule has 2 aromatic heterocycles. The van der Waals surface area contributed by atoms with Gasteiger partial charge in [0.25, 0.3) is 5.56 Å². The molecule has 7 heteroatoms. The normalized spacial score (nSPS) is 11.3. The minimum atomic E-state index is -0.427. The van der Waals surface area contributed by atoms with E-state index in [1.807, 2.05) is 62.4 Å². The largest absolute Gasteiger partial charge is 0.325 e. The third kappa shape index (κ3) is 4.21. The van der Waals surface area contributed by atoms with Crippen LogP contribution in [-0.2, 0) is 24.3 Å². The van der Waals surface area contributed by atoms with Crippen LogP contribution in [0.5, 0.6) is 0 Å². The van der Waals surface area contributed by atoms with Crippen molar-refractivity contribution in [1.29, 1.82) is 0 Å². The monoisotopic (exact) mass is 468 g/mol. The predicted molar refractivity (Wildman–Crippen MR) is 136 cm³/mol. The maximum Gasteiger partial charge on any atom is 0.278 e. The number of amides is 1. The van der Waals surface area contributed by atoms with Crippen LogP contribution in [0.15, 0.2) is 77.9 Å². The molecule has 0 spiro atoms. The number of benzene rings is 3. The van der Waals surface area contributed by atoms with Gasteiger partial charge in [-0.15, -0.1) is 0 Å². The van der Waals surface area contributed by atoms with Crippen LogP contribution in [0, 0.1) is 12.7 Å². The predicted octanol–water partition coefficient (Wildman–Crippen LogP) is 5.05. The SMILES string of the molecule is CCc1cccc(C)c1NC(=O)Cn1c2ccc(F)cc2c2ncn(Cc3ccccc3)c(=O)c21. The van der Waals surface area contributed by atoms with E-state index in [4.69, 9.17) is 0 Å². The summed E-state index contributed by atoms with van der Waals surface area (Å²) in [7, 11) is 0. The second kappa shape index (κ2) is 9.18. The van der Waals surface area contributed by atoms with Crippen LogP contribution in [-0.4, -0.2) is 20.0 Å². The van der Waals surface area contributed by atoms with E-state index < -0.39 is 5.82 Å². The Balaban J connectivity index is 1.61. The van der Waals surface area contributed by atoms with Crippen molar-refractivity contribution in [2.45, 2.75) is 33.4 Å². The molecule has 35 heavy (non-hydrogen) atoms. The zero-order valence-corrected chi connectivity index (χ0v) is 19.6.